The fourth-order valence-electron chi connectivity index (χ4n) is 3.87. The molecule has 5 nitrogen and oxygen atoms in total. The second-order valence-electron chi connectivity index (χ2n) is 7.26. The van der Waals surface area contributed by atoms with Crippen molar-refractivity contribution in [1.82, 2.24) is 4.31 Å². The van der Waals surface area contributed by atoms with E-state index in [9.17, 15) is 13.2 Å². The highest BCUT2D eigenvalue weighted by Gasteiger charge is 2.54. The molecule has 0 aromatic heterocycles. The zero-order chi connectivity index (χ0) is 20.4. The third kappa shape index (κ3) is 3.62. The minimum atomic E-state index is -3.73. The zero-order valence-electron chi connectivity index (χ0n) is 16.2. The molecule has 2 aromatic carbocycles. The van der Waals surface area contributed by atoms with E-state index >= 15 is 0 Å². The number of benzene rings is 2. The van der Waals surface area contributed by atoms with Crippen molar-refractivity contribution in [3.8, 4) is 0 Å². The molecule has 3 rings (SSSR count). The number of hydrogen-bond donors (Lipinski definition) is 0. The molecule has 28 heavy (non-hydrogen) atoms. The molecule has 0 N–H and O–H groups in total. The number of nitrogens with zero attached hydrogens (tertiary/aromatic N) is 1. The molecule has 1 saturated heterocycles. The molecule has 0 amide bonds. The summed E-state index contributed by atoms with van der Waals surface area (Å²) in [4.78, 5) is 13.1. The van der Waals surface area contributed by atoms with Crippen molar-refractivity contribution in [2.75, 3.05) is 20.2 Å². The summed E-state index contributed by atoms with van der Waals surface area (Å²) in [5.74, 6) is -0.761. The molecule has 0 bridgehead atoms. The van der Waals surface area contributed by atoms with Crippen molar-refractivity contribution in [3.63, 3.8) is 0 Å². The smallest absolute Gasteiger partial charge is 0.314 e. The Bertz CT molecular complexity index is 954. The van der Waals surface area contributed by atoms with Gasteiger partial charge in [-0.1, -0.05) is 54.1 Å². The van der Waals surface area contributed by atoms with Crippen molar-refractivity contribution in [3.05, 3.63) is 78.4 Å². The summed E-state index contributed by atoms with van der Waals surface area (Å²) >= 11 is 0. The molecule has 0 spiro atoms. The molecular formula is C22H25NO4S. The van der Waals surface area contributed by atoms with Crippen LogP contribution in [0, 0.1) is 18.3 Å². The predicted octanol–water partition coefficient (Wildman–Crippen LogP) is 3.20. The van der Waals surface area contributed by atoms with Crippen LogP contribution in [-0.2, 0) is 26.0 Å². The summed E-state index contributed by atoms with van der Waals surface area (Å²) in [7, 11) is -2.39. The van der Waals surface area contributed by atoms with Crippen molar-refractivity contribution >= 4 is 16.0 Å². The van der Waals surface area contributed by atoms with Gasteiger partial charge in [-0.2, -0.15) is 4.31 Å². The van der Waals surface area contributed by atoms with E-state index in [0.717, 1.165) is 11.1 Å². The molecule has 1 fully saturated rings. The number of ether oxygens (including phenoxy) is 1. The maximum Gasteiger partial charge on any atom is 0.314 e. The van der Waals surface area contributed by atoms with Crippen LogP contribution in [0.25, 0.3) is 0 Å². The van der Waals surface area contributed by atoms with E-state index in [2.05, 4.69) is 6.58 Å². The van der Waals surface area contributed by atoms with Crippen LogP contribution in [0.1, 0.15) is 11.1 Å². The molecule has 148 valence electrons. The summed E-state index contributed by atoms with van der Waals surface area (Å²) in [5.41, 5.74) is 0.932. The van der Waals surface area contributed by atoms with Crippen LogP contribution in [0.5, 0.6) is 0 Å². The topological polar surface area (TPSA) is 63.7 Å². The van der Waals surface area contributed by atoms with Crippen LogP contribution in [0.2, 0.25) is 0 Å². The summed E-state index contributed by atoms with van der Waals surface area (Å²) in [5, 5.41) is 0. The Morgan fingerprint density at radius 2 is 1.86 bits per heavy atom. The maximum atomic E-state index is 13.2. The van der Waals surface area contributed by atoms with Gasteiger partial charge in [-0.25, -0.2) is 8.42 Å². The molecule has 2 atom stereocenters. The number of rotatable bonds is 6. The lowest BCUT2D eigenvalue weighted by molar-refractivity contribution is -0.153. The third-order valence-corrected chi connectivity index (χ3v) is 7.29. The number of carbonyl (C=O) groups excluding carboxylic acids is 1. The van der Waals surface area contributed by atoms with Gasteiger partial charge in [0, 0.05) is 19.0 Å². The van der Waals surface area contributed by atoms with E-state index < -0.39 is 21.4 Å². The van der Waals surface area contributed by atoms with Gasteiger partial charge in [0.25, 0.3) is 0 Å². The minimum absolute atomic E-state index is 0.0570. The highest BCUT2D eigenvalue weighted by molar-refractivity contribution is 7.89. The van der Waals surface area contributed by atoms with Gasteiger partial charge < -0.3 is 4.74 Å². The monoisotopic (exact) mass is 399 g/mol. The molecule has 0 unspecified atom stereocenters. The van der Waals surface area contributed by atoms with Crippen molar-refractivity contribution in [2.45, 2.75) is 18.2 Å². The lowest BCUT2D eigenvalue weighted by atomic mass is 9.73. The van der Waals surface area contributed by atoms with Crippen LogP contribution in [0.3, 0.4) is 0 Å². The number of hydrogen-bond acceptors (Lipinski definition) is 4. The van der Waals surface area contributed by atoms with Gasteiger partial charge in [0.2, 0.25) is 10.0 Å². The Balaban J connectivity index is 2.00. The van der Waals surface area contributed by atoms with Crippen molar-refractivity contribution in [1.29, 1.82) is 0 Å². The number of aryl methyl sites for hydroxylation is 1. The van der Waals surface area contributed by atoms with Gasteiger partial charge in [-0.05, 0) is 31.0 Å². The Morgan fingerprint density at radius 3 is 2.43 bits per heavy atom. The normalized spacial score (nSPS) is 22.7. The SMILES string of the molecule is C=C[C@H]1CN(S(=O)(=O)c2ccc(C)cc2)C[C@]1(Cc1ccccc1)C(=O)OC. The summed E-state index contributed by atoms with van der Waals surface area (Å²) < 4.78 is 32.9. The van der Waals surface area contributed by atoms with E-state index in [1.54, 1.807) is 30.3 Å². The van der Waals surface area contributed by atoms with E-state index in [1.165, 1.54) is 11.4 Å². The van der Waals surface area contributed by atoms with Crippen LogP contribution >= 0.6 is 0 Å². The Morgan fingerprint density at radius 1 is 1.21 bits per heavy atom. The van der Waals surface area contributed by atoms with Crippen LogP contribution in [0.15, 0.2) is 72.1 Å². The lowest BCUT2D eigenvalue weighted by Crippen LogP contribution is -2.42. The van der Waals surface area contributed by atoms with Gasteiger partial charge in [0.15, 0.2) is 0 Å². The molecule has 0 aliphatic carbocycles. The van der Waals surface area contributed by atoms with Gasteiger partial charge >= 0.3 is 5.97 Å². The number of esters is 1. The Labute approximate surface area is 166 Å². The average Bonchev–Trinajstić information content (AvgIpc) is 3.08. The van der Waals surface area contributed by atoms with Gasteiger partial charge in [-0.15, -0.1) is 6.58 Å². The largest absolute Gasteiger partial charge is 0.469 e. The lowest BCUT2D eigenvalue weighted by Gasteiger charge is -2.30. The standard InChI is InChI=1S/C22H25NO4S/c1-4-19-15-23(28(25,26)20-12-10-17(2)11-13-20)16-22(19,21(24)27-3)14-18-8-6-5-7-9-18/h4-13,19H,1,14-16H2,2-3H3/t19-,22-/m0/s1. The predicted molar refractivity (Wildman–Crippen MR) is 108 cm³/mol. The summed E-state index contributed by atoms with van der Waals surface area (Å²) in [6.07, 6.45) is 2.06. The van der Waals surface area contributed by atoms with E-state index in [4.69, 9.17) is 4.74 Å². The summed E-state index contributed by atoms with van der Waals surface area (Å²) in [6.45, 7) is 6.03. The molecule has 0 saturated carbocycles. The first-order chi connectivity index (χ1) is 13.3. The number of carbonyl (C=O) groups is 1. The van der Waals surface area contributed by atoms with Gasteiger partial charge in [-0.3, -0.25) is 4.79 Å². The Kier molecular flexibility index (Phi) is 5.72. The van der Waals surface area contributed by atoms with Crippen molar-refractivity contribution in [2.24, 2.45) is 11.3 Å². The second-order valence-corrected chi connectivity index (χ2v) is 9.20. The first kappa shape index (κ1) is 20.3. The van der Waals surface area contributed by atoms with Gasteiger partial charge in [0.1, 0.15) is 0 Å². The molecular weight excluding hydrogens is 374 g/mol. The van der Waals surface area contributed by atoms with Crippen molar-refractivity contribution < 1.29 is 17.9 Å². The fourth-order valence-corrected chi connectivity index (χ4v) is 5.41. The number of methoxy groups -OCH3 is 1. The molecule has 6 heteroatoms. The summed E-state index contributed by atoms with van der Waals surface area (Å²) in [6, 6.07) is 16.3. The second kappa shape index (κ2) is 7.89. The first-order valence-corrected chi connectivity index (χ1v) is 10.6. The van der Waals surface area contributed by atoms with Crippen LogP contribution in [0.4, 0.5) is 0 Å². The van der Waals surface area contributed by atoms with E-state index in [-0.39, 0.29) is 23.9 Å². The minimum Gasteiger partial charge on any atom is -0.469 e. The van der Waals surface area contributed by atoms with Gasteiger partial charge in [0.05, 0.1) is 17.4 Å². The third-order valence-electron chi connectivity index (χ3n) is 5.47. The highest BCUT2D eigenvalue weighted by atomic mass is 32.2. The Hall–Kier alpha value is -2.44. The molecule has 1 heterocycles. The molecule has 1 aliphatic heterocycles. The fraction of sp³-hybridized carbons (Fsp3) is 0.318. The molecule has 0 radical (unpaired) electrons. The van der Waals surface area contributed by atoms with Crippen LogP contribution < -0.4 is 0 Å². The van der Waals surface area contributed by atoms with Crippen LogP contribution in [-0.4, -0.2) is 38.9 Å². The quantitative estimate of drug-likeness (QED) is 0.553. The zero-order valence-corrected chi connectivity index (χ0v) is 17.0. The molecule has 2 aromatic rings. The van der Waals surface area contributed by atoms with E-state index in [1.807, 2.05) is 37.3 Å². The maximum absolute atomic E-state index is 13.2. The highest BCUT2D eigenvalue weighted by Crippen LogP contribution is 2.43. The molecule has 1 aliphatic rings. The average molecular weight is 400 g/mol. The number of sulfonamides is 1. The first-order valence-electron chi connectivity index (χ1n) is 9.15. The van der Waals surface area contributed by atoms with E-state index in [0.29, 0.717) is 6.42 Å².